The Labute approximate surface area is 167 Å². The van der Waals surface area contributed by atoms with Crippen LogP contribution < -0.4 is 10.6 Å². The number of rotatable bonds is 6. The van der Waals surface area contributed by atoms with Crippen molar-refractivity contribution in [2.75, 3.05) is 19.6 Å². The van der Waals surface area contributed by atoms with Gasteiger partial charge in [0.15, 0.2) is 0 Å². The van der Waals surface area contributed by atoms with Crippen molar-refractivity contribution in [3.05, 3.63) is 21.4 Å². The lowest BCUT2D eigenvalue weighted by molar-refractivity contribution is -0.148. The molecule has 2 aliphatic carbocycles. The molecule has 3 fully saturated rings. The Bertz CT molecular complexity index is 708. The summed E-state index contributed by atoms with van der Waals surface area (Å²) in [5.41, 5.74) is 1.28. The molecule has 156 valence electrons. The van der Waals surface area contributed by atoms with Crippen LogP contribution in [0.3, 0.4) is 0 Å². The number of piperidine rings is 1. The number of aryl methyl sites for hydroxylation is 1. The molecular formula is C20H28F3N3OS. The molecule has 0 radical (unpaired) electrons. The van der Waals surface area contributed by atoms with Gasteiger partial charge in [0.2, 0.25) is 0 Å². The SMILES string of the molecule is Cc1sc(C(=O)NC2CCN(CC(F)(F)F)CC2)cc1C1CC1NC1CCC1. The van der Waals surface area contributed by atoms with Gasteiger partial charge in [-0.25, -0.2) is 0 Å². The lowest BCUT2D eigenvalue weighted by Gasteiger charge is -2.32. The summed E-state index contributed by atoms with van der Waals surface area (Å²) in [6.45, 7) is 1.95. The number of halogens is 3. The second kappa shape index (κ2) is 7.95. The fourth-order valence-corrected chi connectivity index (χ4v) is 5.32. The summed E-state index contributed by atoms with van der Waals surface area (Å²) in [6, 6.07) is 3.21. The van der Waals surface area contributed by atoms with Crippen LogP contribution in [0.15, 0.2) is 6.07 Å². The second-order valence-electron chi connectivity index (χ2n) is 8.50. The summed E-state index contributed by atoms with van der Waals surface area (Å²) >= 11 is 1.53. The van der Waals surface area contributed by atoms with Crippen molar-refractivity contribution in [3.8, 4) is 0 Å². The van der Waals surface area contributed by atoms with Crippen LogP contribution in [-0.4, -0.2) is 54.7 Å². The quantitative estimate of drug-likeness (QED) is 0.743. The number of thiophene rings is 1. The van der Waals surface area contributed by atoms with E-state index in [0.717, 1.165) is 11.3 Å². The summed E-state index contributed by atoms with van der Waals surface area (Å²) in [7, 11) is 0. The summed E-state index contributed by atoms with van der Waals surface area (Å²) in [5.74, 6) is 0.432. The van der Waals surface area contributed by atoms with Crippen molar-refractivity contribution >= 4 is 17.2 Å². The molecular weight excluding hydrogens is 387 g/mol. The summed E-state index contributed by atoms with van der Waals surface area (Å²) < 4.78 is 37.5. The van der Waals surface area contributed by atoms with Crippen LogP contribution in [-0.2, 0) is 0 Å². The number of alkyl halides is 3. The molecule has 1 aromatic heterocycles. The van der Waals surface area contributed by atoms with Gasteiger partial charge < -0.3 is 10.6 Å². The van der Waals surface area contributed by atoms with E-state index < -0.39 is 12.7 Å². The molecule has 4 nitrogen and oxygen atoms in total. The molecule has 2 unspecified atom stereocenters. The van der Waals surface area contributed by atoms with Crippen LogP contribution in [0.1, 0.15) is 64.6 Å². The first-order valence-corrected chi connectivity index (χ1v) is 11.1. The molecule has 1 aromatic rings. The van der Waals surface area contributed by atoms with Gasteiger partial charge in [0.05, 0.1) is 11.4 Å². The third-order valence-corrected chi connectivity index (χ3v) is 7.32. The Morgan fingerprint density at radius 1 is 1.21 bits per heavy atom. The van der Waals surface area contributed by atoms with E-state index in [-0.39, 0.29) is 11.9 Å². The second-order valence-corrected chi connectivity index (χ2v) is 9.76. The molecule has 4 rings (SSSR count). The van der Waals surface area contributed by atoms with Gasteiger partial charge in [0, 0.05) is 42.0 Å². The zero-order valence-electron chi connectivity index (χ0n) is 16.1. The minimum atomic E-state index is -4.16. The van der Waals surface area contributed by atoms with Gasteiger partial charge in [0.25, 0.3) is 5.91 Å². The molecule has 0 aromatic carbocycles. The minimum absolute atomic E-state index is 0.0446. The molecule has 1 amide bonds. The standard InChI is InChI=1S/C20H28F3N3OS/c1-12-15(16-9-17(16)24-13-3-2-4-13)10-18(28-12)19(27)25-14-5-7-26(8-6-14)11-20(21,22)23/h10,13-14,16-17,24H,2-9,11H2,1H3,(H,25,27). The van der Waals surface area contributed by atoms with Gasteiger partial charge in [-0.1, -0.05) is 6.42 Å². The van der Waals surface area contributed by atoms with Gasteiger partial charge in [-0.05, 0) is 50.7 Å². The van der Waals surface area contributed by atoms with Crippen LogP contribution in [0.4, 0.5) is 13.2 Å². The minimum Gasteiger partial charge on any atom is -0.349 e. The highest BCUT2D eigenvalue weighted by Crippen LogP contribution is 2.45. The Kier molecular flexibility index (Phi) is 5.73. The first-order chi connectivity index (χ1) is 13.3. The number of likely N-dealkylation sites (tertiary alicyclic amines) is 1. The van der Waals surface area contributed by atoms with Crippen LogP contribution in [0.2, 0.25) is 0 Å². The van der Waals surface area contributed by atoms with Gasteiger partial charge in [-0.3, -0.25) is 9.69 Å². The smallest absolute Gasteiger partial charge is 0.349 e. The molecule has 2 heterocycles. The molecule has 1 aliphatic heterocycles. The lowest BCUT2D eigenvalue weighted by Crippen LogP contribution is -2.46. The van der Waals surface area contributed by atoms with E-state index in [2.05, 4.69) is 17.6 Å². The monoisotopic (exact) mass is 415 g/mol. The number of hydrogen-bond acceptors (Lipinski definition) is 4. The molecule has 2 saturated carbocycles. The van der Waals surface area contributed by atoms with Gasteiger partial charge in [0.1, 0.15) is 0 Å². The van der Waals surface area contributed by atoms with Crippen LogP contribution in [0, 0.1) is 6.92 Å². The first-order valence-electron chi connectivity index (χ1n) is 10.2. The average molecular weight is 416 g/mol. The zero-order valence-corrected chi connectivity index (χ0v) is 17.0. The maximum absolute atomic E-state index is 12.6. The largest absolute Gasteiger partial charge is 0.401 e. The normalized spacial score (nSPS) is 26.9. The van der Waals surface area contributed by atoms with E-state index in [1.54, 1.807) is 0 Å². The summed E-state index contributed by atoms with van der Waals surface area (Å²) in [4.78, 5) is 16.0. The van der Waals surface area contributed by atoms with E-state index >= 15 is 0 Å². The van der Waals surface area contributed by atoms with Crippen LogP contribution in [0.25, 0.3) is 0 Å². The fourth-order valence-electron chi connectivity index (χ4n) is 4.32. The summed E-state index contributed by atoms with van der Waals surface area (Å²) in [5, 5.41) is 6.74. The Morgan fingerprint density at radius 3 is 2.54 bits per heavy atom. The van der Waals surface area contributed by atoms with E-state index in [9.17, 15) is 18.0 Å². The van der Waals surface area contributed by atoms with Crippen molar-refractivity contribution < 1.29 is 18.0 Å². The highest BCUT2D eigenvalue weighted by atomic mass is 32.1. The third-order valence-electron chi connectivity index (χ3n) is 6.25. The predicted octanol–water partition coefficient (Wildman–Crippen LogP) is 3.81. The molecule has 0 spiro atoms. The predicted molar refractivity (Wildman–Crippen MR) is 104 cm³/mol. The van der Waals surface area contributed by atoms with Gasteiger partial charge >= 0.3 is 6.18 Å². The highest BCUT2D eigenvalue weighted by Gasteiger charge is 2.42. The highest BCUT2D eigenvalue weighted by molar-refractivity contribution is 7.14. The van der Waals surface area contributed by atoms with E-state index in [4.69, 9.17) is 0 Å². The summed E-state index contributed by atoms with van der Waals surface area (Å²) in [6.07, 6.45) is 2.00. The first kappa shape index (κ1) is 20.2. The van der Waals surface area contributed by atoms with Crippen molar-refractivity contribution in [1.82, 2.24) is 15.5 Å². The maximum Gasteiger partial charge on any atom is 0.401 e. The van der Waals surface area contributed by atoms with Crippen LogP contribution >= 0.6 is 11.3 Å². The molecule has 2 N–H and O–H groups in total. The number of carbonyl (C=O) groups excluding carboxylic acids is 1. The topological polar surface area (TPSA) is 44.4 Å². The maximum atomic E-state index is 12.6. The number of hydrogen-bond donors (Lipinski definition) is 2. The molecule has 3 aliphatic rings. The molecule has 8 heteroatoms. The average Bonchev–Trinajstić information content (AvgIpc) is 3.24. The lowest BCUT2D eigenvalue weighted by atomic mass is 9.93. The van der Waals surface area contributed by atoms with Crippen molar-refractivity contribution in [1.29, 1.82) is 0 Å². The van der Waals surface area contributed by atoms with Gasteiger partial charge in [-0.2, -0.15) is 13.2 Å². The number of amides is 1. The number of nitrogens with one attached hydrogen (secondary N) is 2. The van der Waals surface area contributed by atoms with Crippen molar-refractivity contribution in [2.24, 2.45) is 0 Å². The third kappa shape index (κ3) is 4.89. The van der Waals surface area contributed by atoms with Gasteiger partial charge in [-0.15, -0.1) is 11.3 Å². The molecule has 0 bridgehead atoms. The van der Waals surface area contributed by atoms with E-state index in [0.29, 0.717) is 43.9 Å². The van der Waals surface area contributed by atoms with Crippen molar-refractivity contribution in [2.45, 2.75) is 75.7 Å². The van der Waals surface area contributed by atoms with E-state index in [1.807, 2.05) is 6.07 Å². The molecule has 2 atom stereocenters. The van der Waals surface area contributed by atoms with Crippen molar-refractivity contribution in [3.63, 3.8) is 0 Å². The Hall–Kier alpha value is -1.12. The molecule has 28 heavy (non-hydrogen) atoms. The fraction of sp³-hybridized carbons (Fsp3) is 0.750. The van der Waals surface area contributed by atoms with Crippen LogP contribution in [0.5, 0.6) is 0 Å². The molecule has 1 saturated heterocycles. The zero-order chi connectivity index (χ0) is 19.9. The Morgan fingerprint density at radius 2 is 1.93 bits per heavy atom. The Balaban J connectivity index is 1.26. The number of nitrogens with zero attached hydrogens (tertiary/aromatic N) is 1. The van der Waals surface area contributed by atoms with E-state index in [1.165, 1.54) is 45.9 Å². The number of carbonyl (C=O) groups is 1.